The topological polar surface area (TPSA) is 127 Å². The number of nitro groups is 1. The molecular formula is C11H17N3O5S. The number of nitro benzene ring substituents is 1. The highest BCUT2D eigenvalue weighted by Crippen LogP contribution is 2.28. The first-order valence-electron chi connectivity index (χ1n) is 5.68. The molecule has 20 heavy (non-hydrogen) atoms. The Morgan fingerprint density at radius 3 is 2.45 bits per heavy atom. The van der Waals surface area contributed by atoms with Gasteiger partial charge in [0.05, 0.1) is 10.5 Å². The van der Waals surface area contributed by atoms with Crippen molar-refractivity contribution in [1.82, 2.24) is 4.31 Å². The lowest BCUT2D eigenvalue weighted by atomic mass is 10.1. The predicted octanol–water partition coefficient (Wildman–Crippen LogP) is 0.568. The first-order chi connectivity index (χ1) is 8.95. The summed E-state index contributed by atoms with van der Waals surface area (Å²) < 4.78 is 25.5. The Bertz CT molecular complexity index is 621. The number of hydrogen-bond donors (Lipinski definition) is 2. The molecule has 0 saturated heterocycles. The summed E-state index contributed by atoms with van der Waals surface area (Å²) in [5.74, 6) is 0. The zero-order chi connectivity index (χ0) is 15.7. The molecule has 0 radical (unpaired) electrons. The standard InChI is InChI=1S/C11H17N3O5S/c1-11(2,15)7-13(3)20(18,19)10-5-4-8(12)6-9(10)14(16)17/h4-6,15H,7,12H2,1-3H3. The number of nitrogens with two attached hydrogens (primary N) is 1. The smallest absolute Gasteiger partial charge is 0.291 e. The van der Waals surface area contributed by atoms with Crippen LogP contribution in [0.25, 0.3) is 0 Å². The SMILES string of the molecule is CN(CC(C)(C)O)S(=O)(=O)c1ccc(N)cc1[N+](=O)[O-]. The van der Waals surface area contributed by atoms with Crippen LogP contribution in [0.3, 0.4) is 0 Å². The monoisotopic (exact) mass is 303 g/mol. The van der Waals surface area contributed by atoms with Crippen molar-refractivity contribution < 1.29 is 18.4 Å². The minimum atomic E-state index is -4.09. The second-order valence-electron chi connectivity index (χ2n) is 5.06. The van der Waals surface area contributed by atoms with Gasteiger partial charge in [0.1, 0.15) is 0 Å². The first kappa shape index (κ1) is 16.3. The molecule has 1 rings (SSSR count). The van der Waals surface area contributed by atoms with Crippen LogP contribution >= 0.6 is 0 Å². The molecule has 1 aromatic rings. The maximum absolute atomic E-state index is 12.3. The number of rotatable bonds is 5. The molecule has 0 spiro atoms. The Morgan fingerprint density at radius 1 is 1.45 bits per heavy atom. The second kappa shape index (κ2) is 5.35. The Labute approximate surface area is 117 Å². The third-order valence-electron chi connectivity index (χ3n) is 2.48. The number of nitrogens with zero attached hydrogens (tertiary/aromatic N) is 2. The van der Waals surface area contributed by atoms with Gasteiger partial charge >= 0.3 is 0 Å². The minimum Gasteiger partial charge on any atom is -0.399 e. The van der Waals surface area contributed by atoms with Gasteiger partial charge in [0.15, 0.2) is 4.90 Å². The summed E-state index contributed by atoms with van der Waals surface area (Å²) in [7, 11) is -2.85. The maximum Gasteiger partial charge on any atom is 0.291 e. The highest BCUT2D eigenvalue weighted by atomic mass is 32.2. The fourth-order valence-corrected chi connectivity index (χ4v) is 3.15. The highest BCUT2D eigenvalue weighted by Gasteiger charge is 2.32. The summed E-state index contributed by atoms with van der Waals surface area (Å²) in [6, 6.07) is 3.35. The van der Waals surface area contributed by atoms with E-state index in [0.29, 0.717) is 0 Å². The molecule has 0 fully saturated rings. The maximum atomic E-state index is 12.3. The van der Waals surface area contributed by atoms with Gasteiger partial charge in [-0.05, 0) is 26.0 Å². The van der Waals surface area contributed by atoms with E-state index in [0.717, 1.165) is 16.4 Å². The van der Waals surface area contributed by atoms with Gasteiger partial charge in [0.25, 0.3) is 5.69 Å². The molecule has 0 aliphatic rings. The second-order valence-corrected chi connectivity index (χ2v) is 7.07. The molecule has 0 aromatic heterocycles. The van der Waals surface area contributed by atoms with E-state index in [4.69, 9.17) is 5.73 Å². The lowest BCUT2D eigenvalue weighted by Gasteiger charge is -2.24. The number of nitrogen functional groups attached to an aromatic ring is 1. The average Bonchev–Trinajstić information content (AvgIpc) is 2.25. The zero-order valence-corrected chi connectivity index (χ0v) is 12.2. The van der Waals surface area contributed by atoms with Crippen molar-refractivity contribution in [3.05, 3.63) is 28.3 Å². The minimum absolute atomic E-state index is 0.0980. The van der Waals surface area contributed by atoms with Crippen LogP contribution in [-0.2, 0) is 10.0 Å². The molecule has 0 amide bonds. The average molecular weight is 303 g/mol. The molecular weight excluding hydrogens is 286 g/mol. The molecule has 0 aliphatic carbocycles. The van der Waals surface area contributed by atoms with Gasteiger partial charge in [0, 0.05) is 25.3 Å². The van der Waals surface area contributed by atoms with Crippen molar-refractivity contribution in [3.8, 4) is 0 Å². The van der Waals surface area contributed by atoms with Crippen LogP contribution < -0.4 is 5.73 Å². The van der Waals surface area contributed by atoms with Gasteiger partial charge in [-0.15, -0.1) is 0 Å². The van der Waals surface area contributed by atoms with Crippen LogP contribution in [0.2, 0.25) is 0 Å². The van der Waals surface area contributed by atoms with Crippen molar-refractivity contribution in [2.24, 2.45) is 0 Å². The van der Waals surface area contributed by atoms with Gasteiger partial charge in [0.2, 0.25) is 10.0 Å². The third-order valence-corrected chi connectivity index (χ3v) is 4.33. The Kier molecular flexibility index (Phi) is 4.37. The van der Waals surface area contributed by atoms with E-state index in [9.17, 15) is 23.6 Å². The fraction of sp³-hybridized carbons (Fsp3) is 0.455. The van der Waals surface area contributed by atoms with E-state index in [1.54, 1.807) is 0 Å². The van der Waals surface area contributed by atoms with Crippen molar-refractivity contribution in [2.75, 3.05) is 19.3 Å². The van der Waals surface area contributed by atoms with Gasteiger partial charge in [-0.3, -0.25) is 10.1 Å². The molecule has 8 nitrogen and oxygen atoms in total. The highest BCUT2D eigenvalue weighted by molar-refractivity contribution is 7.89. The first-order valence-corrected chi connectivity index (χ1v) is 7.12. The number of sulfonamides is 1. The number of anilines is 1. The van der Waals surface area contributed by atoms with E-state index in [1.165, 1.54) is 27.0 Å². The van der Waals surface area contributed by atoms with Crippen molar-refractivity contribution >= 4 is 21.4 Å². The molecule has 0 unspecified atom stereocenters. The molecule has 9 heteroatoms. The van der Waals surface area contributed by atoms with Crippen LogP contribution in [0.4, 0.5) is 11.4 Å². The fourth-order valence-electron chi connectivity index (χ4n) is 1.69. The van der Waals surface area contributed by atoms with Crippen molar-refractivity contribution in [1.29, 1.82) is 0 Å². The lowest BCUT2D eigenvalue weighted by molar-refractivity contribution is -0.387. The summed E-state index contributed by atoms with van der Waals surface area (Å²) in [4.78, 5) is 9.69. The molecule has 3 N–H and O–H groups in total. The molecule has 0 bridgehead atoms. The van der Waals surface area contributed by atoms with Gasteiger partial charge in [-0.25, -0.2) is 8.42 Å². The van der Waals surface area contributed by atoms with E-state index in [-0.39, 0.29) is 12.2 Å². The normalized spacial score (nSPS) is 12.7. The zero-order valence-electron chi connectivity index (χ0n) is 11.4. The van der Waals surface area contributed by atoms with Crippen LogP contribution in [0.15, 0.2) is 23.1 Å². The van der Waals surface area contributed by atoms with E-state index in [2.05, 4.69) is 0 Å². The number of hydrogen-bond acceptors (Lipinski definition) is 6. The van der Waals surface area contributed by atoms with Crippen molar-refractivity contribution in [2.45, 2.75) is 24.3 Å². The summed E-state index contributed by atoms with van der Waals surface area (Å²) in [5.41, 5.74) is 3.68. The molecule has 0 heterocycles. The predicted molar refractivity (Wildman–Crippen MR) is 73.6 cm³/mol. The quantitative estimate of drug-likeness (QED) is 0.465. The molecule has 112 valence electrons. The van der Waals surface area contributed by atoms with Crippen LogP contribution in [-0.4, -0.2) is 41.9 Å². The largest absolute Gasteiger partial charge is 0.399 e. The summed E-state index contributed by atoms with van der Waals surface area (Å²) in [6.07, 6.45) is 0. The van der Waals surface area contributed by atoms with E-state index < -0.39 is 31.1 Å². The van der Waals surface area contributed by atoms with Crippen molar-refractivity contribution in [3.63, 3.8) is 0 Å². The molecule has 0 atom stereocenters. The Hall–Kier alpha value is -1.71. The van der Waals surface area contributed by atoms with Crippen LogP contribution in [0.5, 0.6) is 0 Å². The van der Waals surface area contributed by atoms with E-state index >= 15 is 0 Å². The third kappa shape index (κ3) is 3.65. The van der Waals surface area contributed by atoms with Crippen LogP contribution in [0, 0.1) is 10.1 Å². The summed E-state index contributed by atoms with van der Waals surface area (Å²) in [5, 5.41) is 20.6. The Morgan fingerprint density at radius 2 is 2.00 bits per heavy atom. The molecule has 1 aromatic carbocycles. The molecule has 0 aliphatic heterocycles. The number of aliphatic hydroxyl groups is 1. The summed E-state index contributed by atoms with van der Waals surface area (Å²) in [6.45, 7) is 2.68. The number of likely N-dealkylation sites (N-methyl/N-ethyl adjacent to an activating group) is 1. The van der Waals surface area contributed by atoms with E-state index in [1.807, 2.05) is 0 Å². The van der Waals surface area contributed by atoms with Crippen LogP contribution in [0.1, 0.15) is 13.8 Å². The van der Waals surface area contributed by atoms with Gasteiger partial charge in [-0.2, -0.15) is 4.31 Å². The summed E-state index contributed by atoms with van der Waals surface area (Å²) >= 11 is 0. The Balaban J connectivity index is 3.32. The molecule has 0 saturated carbocycles. The lowest BCUT2D eigenvalue weighted by Crippen LogP contribution is -2.39. The van der Waals surface area contributed by atoms with Gasteiger partial charge < -0.3 is 10.8 Å². The number of benzene rings is 1. The van der Waals surface area contributed by atoms with Gasteiger partial charge in [-0.1, -0.05) is 0 Å².